The number of aromatic amines is 2. The van der Waals surface area contributed by atoms with E-state index in [9.17, 15) is 9.59 Å². The molecule has 0 saturated heterocycles. The molecule has 0 saturated carbocycles. The van der Waals surface area contributed by atoms with Gasteiger partial charge in [-0.1, -0.05) is 36.4 Å². The number of H-pyrrole nitrogens is 2. The highest BCUT2D eigenvalue weighted by Gasteiger charge is 2.10. The summed E-state index contributed by atoms with van der Waals surface area (Å²) in [7, 11) is 0. The first-order valence-corrected chi connectivity index (χ1v) is 9.12. The molecule has 0 unspecified atom stereocenters. The Morgan fingerprint density at radius 3 is 1.54 bits per heavy atom. The maximum Gasteiger partial charge on any atom is 0.311 e. The summed E-state index contributed by atoms with van der Waals surface area (Å²) in [6.45, 7) is 0.0784. The Balaban J connectivity index is 1.19. The van der Waals surface area contributed by atoms with Crippen molar-refractivity contribution in [1.82, 2.24) is 9.97 Å². The fourth-order valence-electron chi connectivity index (χ4n) is 3.18. The lowest BCUT2D eigenvalue weighted by Crippen LogP contribution is -2.16. The Kier molecular flexibility index (Phi) is 5.10. The van der Waals surface area contributed by atoms with Crippen molar-refractivity contribution in [3.63, 3.8) is 0 Å². The number of hydrogen-bond donors (Lipinski definition) is 2. The van der Waals surface area contributed by atoms with Gasteiger partial charge < -0.3 is 19.4 Å². The van der Waals surface area contributed by atoms with Crippen molar-refractivity contribution in [1.29, 1.82) is 0 Å². The summed E-state index contributed by atoms with van der Waals surface area (Å²) in [4.78, 5) is 30.2. The van der Waals surface area contributed by atoms with E-state index in [1.165, 1.54) is 0 Å². The van der Waals surface area contributed by atoms with Crippen LogP contribution < -0.4 is 0 Å². The Labute approximate surface area is 161 Å². The average molecular weight is 376 g/mol. The Morgan fingerprint density at radius 2 is 1.11 bits per heavy atom. The van der Waals surface area contributed by atoms with E-state index in [2.05, 4.69) is 9.97 Å². The van der Waals surface area contributed by atoms with Gasteiger partial charge in [0.15, 0.2) is 0 Å². The van der Waals surface area contributed by atoms with Crippen molar-refractivity contribution < 1.29 is 19.1 Å². The summed E-state index contributed by atoms with van der Waals surface area (Å²) >= 11 is 0. The largest absolute Gasteiger partial charge is 0.462 e. The highest BCUT2D eigenvalue weighted by atomic mass is 16.6. The number of benzene rings is 2. The zero-order chi connectivity index (χ0) is 19.3. The first kappa shape index (κ1) is 17.9. The Hall–Kier alpha value is -3.54. The fourth-order valence-corrected chi connectivity index (χ4v) is 3.18. The Bertz CT molecular complexity index is 970. The van der Waals surface area contributed by atoms with Crippen LogP contribution in [0, 0.1) is 0 Å². The highest BCUT2D eigenvalue weighted by molar-refractivity contribution is 5.83. The smallest absolute Gasteiger partial charge is 0.311 e. The van der Waals surface area contributed by atoms with Crippen molar-refractivity contribution >= 4 is 33.7 Å². The van der Waals surface area contributed by atoms with Crippen LogP contribution in [0.15, 0.2) is 60.7 Å². The summed E-state index contributed by atoms with van der Waals surface area (Å²) < 4.78 is 10.3. The van der Waals surface area contributed by atoms with E-state index in [1.54, 1.807) is 0 Å². The van der Waals surface area contributed by atoms with Crippen molar-refractivity contribution in [2.75, 3.05) is 13.2 Å². The molecule has 0 fully saturated rings. The predicted molar refractivity (Wildman–Crippen MR) is 106 cm³/mol. The monoisotopic (exact) mass is 376 g/mol. The summed E-state index contributed by atoms with van der Waals surface area (Å²) in [5.41, 5.74) is 3.55. The standard InChI is InChI=1S/C22H20N2O4/c25-21(13-17-11-15-5-1-3-7-19(15)23-17)27-9-10-28-22(26)14-18-12-16-6-2-4-8-20(16)24-18/h1-8,11-12,23-24H,9-10,13-14H2. The van der Waals surface area contributed by atoms with E-state index in [1.807, 2.05) is 60.7 Å². The van der Waals surface area contributed by atoms with Gasteiger partial charge in [-0.05, 0) is 35.0 Å². The minimum absolute atomic E-state index is 0.0392. The molecule has 2 N–H and O–H groups in total. The van der Waals surface area contributed by atoms with E-state index in [-0.39, 0.29) is 38.0 Å². The average Bonchev–Trinajstić information content (AvgIpc) is 3.27. The molecule has 2 aromatic heterocycles. The lowest BCUT2D eigenvalue weighted by Gasteiger charge is -2.05. The molecule has 4 rings (SSSR count). The molecule has 6 heteroatoms. The molecule has 28 heavy (non-hydrogen) atoms. The third-order valence-corrected chi connectivity index (χ3v) is 4.45. The summed E-state index contributed by atoms with van der Waals surface area (Å²) in [5, 5.41) is 2.10. The Morgan fingerprint density at radius 1 is 0.679 bits per heavy atom. The number of ether oxygens (including phenoxy) is 2. The number of fused-ring (bicyclic) bond motifs is 2. The number of carbonyl (C=O) groups excluding carboxylic acids is 2. The van der Waals surface area contributed by atoms with Gasteiger partial charge in [0.1, 0.15) is 13.2 Å². The SMILES string of the molecule is O=C(Cc1cc2ccccc2[nH]1)OCCOC(=O)Cc1cc2ccccc2[nH]1. The zero-order valence-electron chi connectivity index (χ0n) is 15.2. The molecule has 142 valence electrons. The van der Waals surface area contributed by atoms with Gasteiger partial charge in [0.05, 0.1) is 12.8 Å². The highest BCUT2D eigenvalue weighted by Crippen LogP contribution is 2.16. The molecule has 0 spiro atoms. The summed E-state index contributed by atoms with van der Waals surface area (Å²) in [5.74, 6) is -0.726. The summed E-state index contributed by atoms with van der Waals surface area (Å²) in [6.07, 6.45) is 0.301. The molecule has 6 nitrogen and oxygen atoms in total. The third kappa shape index (κ3) is 4.23. The van der Waals surface area contributed by atoms with Gasteiger partial charge >= 0.3 is 11.9 Å². The number of para-hydroxylation sites is 2. The van der Waals surface area contributed by atoms with E-state index in [4.69, 9.17) is 9.47 Å². The first-order chi connectivity index (χ1) is 13.7. The molecule has 0 aliphatic heterocycles. The number of esters is 2. The van der Waals surface area contributed by atoms with E-state index in [0.717, 1.165) is 33.2 Å². The fraction of sp³-hybridized carbons (Fsp3) is 0.182. The van der Waals surface area contributed by atoms with Crippen LogP contribution in [0.4, 0.5) is 0 Å². The quantitative estimate of drug-likeness (QED) is 0.382. The van der Waals surface area contributed by atoms with Crippen molar-refractivity contribution in [2.45, 2.75) is 12.8 Å². The predicted octanol–water partition coefficient (Wildman–Crippen LogP) is 3.52. The molecule has 0 amide bonds. The van der Waals surface area contributed by atoms with Crippen LogP contribution in [-0.2, 0) is 31.9 Å². The van der Waals surface area contributed by atoms with Crippen molar-refractivity contribution in [3.05, 3.63) is 72.1 Å². The van der Waals surface area contributed by atoms with Gasteiger partial charge in [-0.2, -0.15) is 0 Å². The van der Waals surface area contributed by atoms with Gasteiger partial charge in [0, 0.05) is 22.4 Å². The zero-order valence-corrected chi connectivity index (χ0v) is 15.2. The maximum atomic E-state index is 11.9. The van der Waals surface area contributed by atoms with E-state index in [0.29, 0.717) is 0 Å². The molecule has 0 aliphatic carbocycles. The number of nitrogens with one attached hydrogen (secondary N) is 2. The molecule has 0 bridgehead atoms. The lowest BCUT2D eigenvalue weighted by molar-refractivity contribution is -0.151. The van der Waals surface area contributed by atoms with Crippen molar-refractivity contribution in [3.8, 4) is 0 Å². The van der Waals surface area contributed by atoms with Crippen LogP contribution >= 0.6 is 0 Å². The normalized spacial score (nSPS) is 11.0. The first-order valence-electron chi connectivity index (χ1n) is 9.12. The molecule has 0 aliphatic rings. The van der Waals surface area contributed by atoms with E-state index < -0.39 is 0 Å². The van der Waals surface area contributed by atoms with Gasteiger partial charge in [0.2, 0.25) is 0 Å². The van der Waals surface area contributed by atoms with Crippen LogP contribution in [0.3, 0.4) is 0 Å². The molecular formula is C22H20N2O4. The second kappa shape index (κ2) is 8.00. The molecule has 2 aromatic carbocycles. The van der Waals surface area contributed by atoms with Gasteiger partial charge in [-0.25, -0.2) is 0 Å². The molecular weight excluding hydrogens is 356 g/mol. The minimum atomic E-state index is -0.363. The van der Waals surface area contributed by atoms with Crippen LogP contribution in [0.5, 0.6) is 0 Å². The second-order valence-electron chi connectivity index (χ2n) is 6.56. The molecule has 0 radical (unpaired) electrons. The molecule has 0 atom stereocenters. The number of aromatic nitrogens is 2. The number of rotatable bonds is 7. The third-order valence-electron chi connectivity index (χ3n) is 4.45. The topological polar surface area (TPSA) is 84.2 Å². The maximum absolute atomic E-state index is 11.9. The van der Waals surface area contributed by atoms with E-state index >= 15 is 0 Å². The van der Waals surface area contributed by atoms with Gasteiger partial charge in [0.25, 0.3) is 0 Å². The molecule has 2 heterocycles. The van der Waals surface area contributed by atoms with Gasteiger partial charge in [-0.3, -0.25) is 9.59 Å². The van der Waals surface area contributed by atoms with Crippen molar-refractivity contribution in [2.24, 2.45) is 0 Å². The van der Waals surface area contributed by atoms with Crippen LogP contribution in [0.25, 0.3) is 21.8 Å². The second-order valence-corrected chi connectivity index (χ2v) is 6.56. The summed E-state index contributed by atoms with van der Waals surface area (Å²) in [6, 6.07) is 19.5. The molecule has 4 aromatic rings. The lowest BCUT2D eigenvalue weighted by atomic mass is 10.2. The number of hydrogen-bond acceptors (Lipinski definition) is 4. The van der Waals surface area contributed by atoms with Crippen LogP contribution in [-0.4, -0.2) is 35.1 Å². The van der Waals surface area contributed by atoms with Gasteiger partial charge in [-0.15, -0.1) is 0 Å². The van der Waals surface area contributed by atoms with Crippen LogP contribution in [0.2, 0.25) is 0 Å². The van der Waals surface area contributed by atoms with Crippen LogP contribution in [0.1, 0.15) is 11.4 Å². The minimum Gasteiger partial charge on any atom is -0.462 e. The number of carbonyl (C=O) groups is 2.